The maximum absolute atomic E-state index is 13.6. The van der Waals surface area contributed by atoms with Crippen molar-refractivity contribution in [3.05, 3.63) is 84.1 Å². The van der Waals surface area contributed by atoms with Crippen LogP contribution in [0, 0.1) is 5.82 Å². The zero-order chi connectivity index (χ0) is 17.6. The maximum atomic E-state index is 13.6. The lowest BCUT2D eigenvalue weighted by molar-refractivity contribution is 0.102. The summed E-state index contributed by atoms with van der Waals surface area (Å²) in [7, 11) is 0. The molecular formula is C19H17FN4O. The van der Waals surface area contributed by atoms with E-state index in [0.29, 0.717) is 5.82 Å². The number of aromatic nitrogens is 2. The summed E-state index contributed by atoms with van der Waals surface area (Å²) < 4.78 is 13.6. The first-order valence-corrected chi connectivity index (χ1v) is 7.83. The fourth-order valence-electron chi connectivity index (χ4n) is 2.36. The molecule has 1 amide bonds. The average molecular weight is 336 g/mol. The number of carbonyl (C=O) groups is 1. The van der Waals surface area contributed by atoms with Gasteiger partial charge in [-0.25, -0.2) is 14.4 Å². The van der Waals surface area contributed by atoms with Gasteiger partial charge in [-0.1, -0.05) is 42.5 Å². The van der Waals surface area contributed by atoms with Crippen LogP contribution >= 0.6 is 0 Å². The van der Waals surface area contributed by atoms with Crippen LogP contribution in [0.25, 0.3) is 0 Å². The normalized spacial score (nSPS) is 11.6. The van der Waals surface area contributed by atoms with Gasteiger partial charge in [0, 0.05) is 12.1 Å². The summed E-state index contributed by atoms with van der Waals surface area (Å²) in [6.07, 6.45) is 1.30. The van der Waals surface area contributed by atoms with E-state index in [2.05, 4.69) is 20.6 Å². The molecule has 0 aliphatic carbocycles. The second kappa shape index (κ2) is 7.53. The van der Waals surface area contributed by atoms with E-state index in [1.165, 1.54) is 24.5 Å². The lowest BCUT2D eigenvalue weighted by Crippen LogP contribution is -2.16. The summed E-state index contributed by atoms with van der Waals surface area (Å²) in [5, 5.41) is 5.73. The molecule has 0 bridgehead atoms. The number of benzene rings is 2. The van der Waals surface area contributed by atoms with E-state index in [9.17, 15) is 9.18 Å². The summed E-state index contributed by atoms with van der Waals surface area (Å²) in [5.74, 6) is -0.478. The molecule has 0 fully saturated rings. The van der Waals surface area contributed by atoms with Crippen LogP contribution in [-0.4, -0.2) is 15.9 Å². The fraction of sp³-hybridized carbons (Fsp3) is 0.105. The standard InChI is InChI=1S/C19H17FN4O/c1-13(14-7-3-2-4-8-14)23-18-11-17(21-12-22-18)19(25)24-16-10-6-5-9-15(16)20/h2-13H,1H3,(H,24,25)(H,21,22,23). The number of halogens is 1. The highest BCUT2D eigenvalue weighted by molar-refractivity contribution is 6.03. The molecule has 3 aromatic rings. The topological polar surface area (TPSA) is 66.9 Å². The van der Waals surface area contributed by atoms with Gasteiger partial charge in [0.15, 0.2) is 0 Å². The van der Waals surface area contributed by atoms with Crippen molar-refractivity contribution in [2.75, 3.05) is 10.6 Å². The second-order valence-electron chi connectivity index (χ2n) is 5.50. The molecule has 6 heteroatoms. The molecule has 2 aromatic carbocycles. The summed E-state index contributed by atoms with van der Waals surface area (Å²) in [6.45, 7) is 2.00. The first kappa shape index (κ1) is 16.6. The Kier molecular flexibility index (Phi) is 4.99. The molecule has 1 atom stereocenters. The van der Waals surface area contributed by atoms with Crippen molar-refractivity contribution in [3.8, 4) is 0 Å². The number of hydrogen-bond donors (Lipinski definition) is 2. The maximum Gasteiger partial charge on any atom is 0.274 e. The van der Waals surface area contributed by atoms with Gasteiger partial charge in [0.1, 0.15) is 23.7 Å². The van der Waals surface area contributed by atoms with Crippen LogP contribution in [0.5, 0.6) is 0 Å². The molecule has 0 aliphatic heterocycles. The Bertz CT molecular complexity index is 870. The van der Waals surface area contributed by atoms with E-state index in [1.807, 2.05) is 37.3 Å². The Morgan fingerprint density at radius 3 is 2.52 bits per heavy atom. The van der Waals surface area contributed by atoms with Crippen molar-refractivity contribution in [3.63, 3.8) is 0 Å². The first-order valence-electron chi connectivity index (χ1n) is 7.83. The molecular weight excluding hydrogens is 319 g/mol. The van der Waals surface area contributed by atoms with Crippen molar-refractivity contribution in [1.82, 2.24) is 9.97 Å². The molecule has 2 N–H and O–H groups in total. The van der Waals surface area contributed by atoms with E-state index in [-0.39, 0.29) is 17.4 Å². The van der Waals surface area contributed by atoms with E-state index < -0.39 is 11.7 Å². The Labute approximate surface area is 145 Å². The summed E-state index contributed by atoms with van der Waals surface area (Å²) in [5.41, 5.74) is 1.36. The second-order valence-corrected chi connectivity index (χ2v) is 5.50. The highest BCUT2D eigenvalue weighted by Crippen LogP contribution is 2.18. The number of anilines is 2. The lowest BCUT2D eigenvalue weighted by atomic mass is 10.1. The zero-order valence-electron chi connectivity index (χ0n) is 13.6. The number of nitrogens with zero attached hydrogens (tertiary/aromatic N) is 2. The Morgan fingerprint density at radius 2 is 1.76 bits per heavy atom. The summed E-state index contributed by atoms with van der Waals surface area (Å²) in [6, 6.07) is 17.4. The van der Waals surface area contributed by atoms with Gasteiger partial charge in [-0.05, 0) is 24.6 Å². The van der Waals surface area contributed by atoms with Gasteiger partial charge in [-0.15, -0.1) is 0 Å². The number of hydrogen-bond acceptors (Lipinski definition) is 4. The third-order valence-electron chi connectivity index (χ3n) is 3.69. The number of amides is 1. The van der Waals surface area contributed by atoms with Gasteiger partial charge >= 0.3 is 0 Å². The summed E-state index contributed by atoms with van der Waals surface area (Å²) in [4.78, 5) is 20.4. The van der Waals surface area contributed by atoms with E-state index in [4.69, 9.17) is 0 Å². The average Bonchev–Trinajstić information content (AvgIpc) is 2.64. The predicted octanol–water partition coefficient (Wildman–Crippen LogP) is 4.04. The molecule has 0 radical (unpaired) electrons. The first-order chi connectivity index (χ1) is 12.1. The van der Waals surface area contributed by atoms with Crippen LogP contribution in [0.1, 0.15) is 29.0 Å². The van der Waals surface area contributed by atoms with Crippen LogP contribution in [-0.2, 0) is 0 Å². The molecule has 0 spiro atoms. The Balaban J connectivity index is 1.73. The molecule has 1 unspecified atom stereocenters. The van der Waals surface area contributed by atoms with Crippen molar-refractivity contribution >= 4 is 17.4 Å². The van der Waals surface area contributed by atoms with Gasteiger partial charge in [-0.2, -0.15) is 0 Å². The molecule has 0 saturated heterocycles. The minimum Gasteiger partial charge on any atom is -0.363 e. The van der Waals surface area contributed by atoms with E-state index >= 15 is 0 Å². The predicted molar refractivity (Wildman–Crippen MR) is 94.9 cm³/mol. The van der Waals surface area contributed by atoms with Gasteiger partial charge in [0.05, 0.1) is 5.69 Å². The molecule has 126 valence electrons. The number of para-hydroxylation sites is 1. The van der Waals surface area contributed by atoms with E-state index in [0.717, 1.165) is 5.56 Å². The number of rotatable bonds is 5. The third-order valence-corrected chi connectivity index (χ3v) is 3.69. The Hall–Kier alpha value is -3.28. The van der Waals surface area contributed by atoms with Crippen LogP contribution in [0.4, 0.5) is 15.9 Å². The molecule has 5 nitrogen and oxygen atoms in total. The van der Waals surface area contributed by atoms with Crippen LogP contribution in [0.3, 0.4) is 0 Å². The van der Waals surface area contributed by atoms with Crippen molar-refractivity contribution in [2.45, 2.75) is 13.0 Å². The quantitative estimate of drug-likeness (QED) is 0.738. The molecule has 0 saturated carbocycles. The van der Waals surface area contributed by atoms with Gasteiger partial charge in [-0.3, -0.25) is 4.79 Å². The molecule has 1 heterocycles. The molecule has 3 rings (SSSR count). The highest BCUT2D eigenvalue weighted by Gasteiger charge is 2.12. The molecule has 0 aliphatic rings. The van der Waals surface area contributed by atoms with Crippen LogP contribution in [0.15, 0.2) is 67.0 Å². The van der Waals surface area contributed by atoms with Crippen molar-refractivity contribution < 1.29 is 9.18 Å². The Morgan fingerprint density at radius 1 is 1.04 bits per heavy atom. The van der Waals surface area contributed by atoms with Gasteiger partial charge in [0.25, 0.3) is 5.91 Å². The minimum atomic E-state index is -0.499. The minimum absolute atomic E-state index is 0.0126. The SMILES string of the molecule is CC(Nc1cc(C(=O)Nc2ccccc2F)ncn1)c1ccccc1. The van der Waals surface area contributed by atoms with Crippen LogP contribution in [0.2, 0.25) is 0 Å². The molecule has 1 aromatic heterocycles. The largest absolute Gasteiger partial charge is 0.363 e. The van der Waals surface area contributed by atoms with E-state index in [1.54, 1.807) is 12.1 Å². The van der Waals surface area contributed by atoms with Gasteiger partial charge < -0.3 is 10.6 Å². The van der Waals surface area contributed by atoms with Crippen molar-refractivity contribution in [2.24, 2.45) is 0 Å². The molecule has 25 heavy (non-hydrogen) atoms. The summed E-state index contributed by atoms with van der Waals surface area (Å²) >= 11 is 0. The smallest absolute Gasteiger partial charge is 0.274 e. The monoisotopic (exact) mass is 336 g/mol. The van der Waals surface area contributed by atoms with Crippen molar-refractivity contribution in [1.29, 1.82) is 0 Å². The number of nitrogens with one attached hydrogen (secondary N) is 2. The lowest BCUT2D eigenvalue weighted by Gasteiger charge is -2.15. The van der Waals surface area contributed by atoms with Crippen LogP contribution < -0.4 is 10.6 Å². The zero-order valence-corrected chi connectivity index (χ0v) is 13.6. The fourth-order valence-corrected chi connectivity index (χ4v) is 2.36. The third kappa shape index (κ3) is 4.17. The highest BCUT2D eigenvalue weighted by atomic mass is 19.1. The number of carbonyl (C=O) groups excluding carboxylic acids is 1. The van der Waals surface area contributed by atoms with Gasteiger partial charge in [0.2, 0.25) is 0 Å².